The van der Waals surface area contributed by atoms with Crippen molar-refractivity contribution in [2.45, 2.75) is 13.0 Å². The second-order valence-corrected chi connectivity index (χ2v) is 6.36. The summed E-state index contributed by atoms with van der Waals surface area (Å²) in [7, 11) is -3.04. The van der Waals surface area contributed by atoms with Gasteiger partial charge in [0.1, 0.15) is 15.7 Å². The second kappa shape index (κ2) is 5.01. The maximum atomic E-state index is 13.1. The summed E-state index contributed by atoms with van der Waals surface area (Å²) in [6.45, 7) is 1.72. The summed E-state index contributed by atoms with van der Waals surface area (Å²) < 4.78 is 35.1. The number of rotatable bonds is 4. The van der Waals surface area contributed by atoms with Crippen LogP contribution < -0.4 is 5.32 Å². The molecule has 1 aromatic rings. The van der Waals surface area contributed by atoms with Crippen LogP contribution in [0.5, 0.6) is 0 Å². The maximum Gasteiger partial charge on any atom is 0.149 e. The Hall–Kier alpha value is -0.810. The molecule has 0 saturated heterocycles. The van der Waals surface area contributed by atoms with Crippen LogP contribution in [0, 0.1) is 5.82 Å². The molecule has 0 fully saturated rings. The molecule has 0 amide bonds. The Morgan fingerprint density at radius 1 is 1.50 bits per heavy atom. The first-order valence-corrected chi connectivity index (χ1v) is 7.11. The molecule has 0 radical (unpaired) electrons. The molecule has 1 N–H and O–H groups in total. The lowest BCUT2D eigenvalue weighted by atomic mass is 10.3. The predicted octanol–water partition coefficient (Wildman–Crippen LogP) is 2.32. The number of benzene rings is 1. The van der Waals surface area contributed by atoms with E-state index < -0.39 is 15.7 Å². The normalized spacial score (nSPS) is 13.5. The molecule has 1 rings (SSSR count). The molecule has 0 spiro atoms. The van der Waals surface area contributed by atoms with Crippen LogP contribution in [0.4, 0.5) is 10.1 Å². The van der Waals surface area contributed by atoms with Gasteiger partial charge in [0.2, 0.25) is 0 Å². The third kappa shape index (κ3) is 4.37. The number of anilines is 1. The van der Waals surface area contributed by atoms with E-state index >= 15 is 0 Å². The Morgan fingerprint density at radius 2 is 2.12 bits per heavy atom. The maximum absolute atomic E-state index is 13.1. The van der Waals surface area contributed by atoms with Crippen LogP contribution in [-0.4, -0.2) is 26.5 Å². The molecular formula is C10H13ClFNO2S. The van der Waals surface area contributed by atoms with E-state index in [1.165, 1.54) is 12.1 Å². The number of hydrogen-bond donors (Lipinski definition) is 1. The van der Waals surface area contributed by atoms with Gasteiger partial charge in [-0.1, -0.05) is 11.6 Å². The van der Waals surface area contributed by atoms with Gasteiger partial charge in [-0.05, 0) is 25.1 Å². The third-order valence-electron chi connectivity index (χ3n) is 1.89. The Labute approximate surface area is 99.5 Å². The Balaban J connectivity index is 2.70. The van der Waals surface area contributed by atoms with Gasteiger partial charge in [-0.25, -0.2) is 12.8 Å². The van der Waals surface area contributed by atoms with Crippen LogP contribution >= 0.6 is 11.6 Å². The average Bonchev–Trinajstić information content (AvgIpc) is 2.08. The van der Waals surface area contributed by atoms with Gasteiger partial charge < -0.3 is 5.32 Å². The van der Waals surface area contributed by atoms with Crippen LogP contribution in [0.25, 0.3) is 0 Å². The molecular weight excluding hydrogens is 253 g/mol. The molecule has 0 aliphatic carbocycles. The minimum absolute atomic E-state index is 0.00273. The molecule has 1 unspecified atom stereocenters. The van der Waals surface area contributed by atoms with Gasteiger partial charge in [-0.15, -0.1) is 0 Å². The summed E-state index contributed by atoms with van der Waals surface area (Å²) in [5.41, 5.74) is 0.512. The molecule has 16 heavy (non-hydrogen) atoms. The number of halogens is 2. The Morgan fingerprint density at radius 3 is 2.62 bits per heavy atom. The van der Waals surface area contributed by atoms with Crippen molar-refractivity contribution in [2.75, 3.05) is 17.3 Å². The number of hydrogen-bond acceptors (Lipinski definition) is 3. The van der Waals surface area contributed by atoms with Gasteiger partial charge in [-0.2, -0.15) is 0 Å². The zero-order valence-electron chi connectivity index (χ0n) is 9.00. The minimum atomic E-state index is -3.04. The molecule has 0 heterocycles. The van der Waals surface area contributed by atoms with E-state index in [1.807, 2.05) is 0 Å². The lowest BCUT2D eigenvalue weighted by molar-refractivity contribution is 0.598. The largest absolute Gasteiger partial charge is 0.381 e. The minimum Gasteiger partial charge on any atom is -0.381 e. The molecule has 1 atom stereocenters. The van der Waals surface area contributed by atoms with E-state index in [4.69, 9.17) is 11.6 Å². The zero-order valence-corrected chi connectivity index (χ0v) is 10.6. The SMILES string of the molecule is CC(CS(C)(=O)=O)Nc1ccc(Cl)c(F)c1. The smallest absolute Gasteiger partial charge is 0.149 e. The van der Waals surface area contributed by atoms with Crippen molar-refractivity contribution in [1.29, 1.82) is 0 Å². The highest BCUT2D eigenvalue weighted by Gasteiger charge is 2.10. The summed E-state index contributed by atoms with van der Waals surface area (Å²) >= 11 is 5.53. The lowest BCUT2D eigenvalue weighted by Gasteiger charge is -2.14. The quantitative estimate of drug-likeness (QED) is 0.909. The van der Waals surface area contributed by atoms with Crippen molar-refractivity contribution in [3.05, 3.63) is 29.0 Å². The topological polar surface area (TPSA) is 46.2 Å². The van der Waals surface area contributed by atoms with Crippen molar-refractivity contribution in [3.63, 3.8) is 0 Å². The van der Waals surface area contributed by atoms with Gasteiger partial charge in [0.05, 0.1) is 10.8 Å². The molecule has 3 nitrogen and oxygen atoms in total. The lowest BCUT2D eigenvalue weighted by Crippen LogP contribution is -2.24. The third-order valence-corrected chi connectivity index (χ3v) is 3.30. The Bertz CT molecular complexity index is 476. The van der Waals surface area contributed by atoms with Gasteiger partial charge in [0.25, 0.3) is 0 Å². The zero-order chi connectivity index (χ0) is 12.3. The molecule has 0 aliphatic heterocycles. The fourth-order valence-corrected chi connectivity index (χ4v) is 2.48. The van der Waals surface area contributed by atoms with Gasteiger partial charge in [0.15, 0.2) is 0 Å². The van der Waals surface area contributed by atoms with Crippen LogP contribution in [0.3, 0.4) is 0 Å². The fourth-order valence-electron chi connectivity index (χ4n) is 1.37. The first-order valence-electron chi connectivity index (χ1n) is 4.67. The molecule has 6 heteroatoms. The van der Waals surface area contributed by atoms with Crippen molar-refractivity contribution < 1.29 is 12.8 Å². The van der Waals surface area contributed by atoms with E-state index in [9.17, 15) is 12.8 Å². The predicted molar refractivity (Wildman–Crippen MR) is 64.2 cm³/mol. The monoisotopic (exact) mass is 265 g/mol. The first kappa shape index (κ1) is 13.3. The fraction of sp³-hybridized carbons (Fsp3) is 0.400. The number of sulfone groups is 1. The van der Waals surface area contributed by atoms with Gasteiger partial charge >= 0.3 is 0 Å². The molecule has 90 valence electrons. The summed E-state index contributed by atoms with van der Waals surface area (Å²) in [5.74, 6) is -0.532. The van der Waals surface area contributed by atoms with E-state index in [0.717, 1.165) is 6.26 Å². The van der Waals surface area contributed by atoms with Crippen LogP contribution in [-0.2, 0) is 9.84 Å². The van der Waals surface area contributed by atoms with Gasteiger partial charge in [-0.3, -0.25) is 0 Å². The number of nitrogens with one attached hydrogen (secondary N) is 1. The second-order valence-electron chi connectivity index (χ2n) is 3.77. The summed E-state index contributed by atoms with van der Waals surface area (Å²) in [4.78, 5) is 0. The van der Waals surface area contributed by atoms with E-state index in [-0.39, 0.29) is 16.8 Å². The van der Waals surface area contributed by atoms with Crippen molar-refractivity contribution >= 4 is 27.1 Å². The molecule has 0 bridgehead atoms. The molecule has 0 aliphatic rings. The van der Waals surface area contributed by atoms with Crippen LogP contribution in [0.1, 0.15) is 6.92 Å². The van der Waals surface area contributed by atoms with E-state index in [2.05, 4.69) is 5.32 Å². The highest BCUT2D eigenvalue weighted by atomic mass is 35.5. The summed E-state index contributed by atoms with van der Waals surface area (Å²) in [5, 5.41) is 2.93. The summed E-state index contributed by atoms with van der Waals surface area (Å²) in [6, 6.07) is 3.98. The van der Waals surface area contributed by atoms with Crippen LogP contribution in [0.15, 0.2) is 18.2 Å². The standard InChI is InChI=1S/C10H13ClFNO2S/c1-7(6-16(2,14)15)13-8-3-4-9(11)10(12)5-8/h3-5,7,13H,6H2,1-2H3. The van der Waals surface area contributed by atoms with Crippen molar-refractivity contribution in [2.24, 2.45) is 0 Å². The van der Waals surface area contributed by atoms with Crippen molar-refractivity contribution in [3.8, 4) is 0 Å². The highest BCUT2D eigenvalue weighted by molar-refractivity contribution is 7.90. The van der Waals surface area contributed by atoms with E-state index in [1.54, 1.807) is 13.0 Å². The molecule has 1 aromatic carbocycles. The van der Waals surface area contributed by atoms with E-state index in [0.29, 0.717) is 5.69 Å². The van der Waals surface area contributed by atoms with Crippen LogP contribution in [0.2, 0.25) is 5.02 Å². The van der Waals surface area contributed by atoms with Gasteiger partial charge in [0, 0.05) is 18.0 Å². The molecule has 0 saturated carbocycles. The average molecular weight is 266 g/mol. The first-order chi connectivity index (χ1) is 7.28. The van der Waals surface area contributed by atoms with Crippen molar-refractivity contribution in [1.82, 2.24) is 0 Å². The Kier molecular flexibility index (Phi) is 4.15. The molecule has 0 aromatic heterocycles. The highest BCUT2D eigenvalue weighted by Crippen LogP contribution is 2.19. The summed E-state index contributed by atoms with van der Waals surface area (Å²) in [6.07, 6.45) is 1.16.